The number of nitrogens with zero attached hydrogens (tertiary/aromatic N) is 5. The van der Waals surface area contributed by atoms with Gasteiger partial charge in [-0.05, 0) is 37.3 Å². The molecule has 5 atom stereocenters. The van der Waals surface area contributed by atoms with Crippen molar-refractivity contribution in [3.05, 3.63) is 53.2 Å². The fourth-order valence-corrected chi connectivity index (χ4v) is 8.14. The maximum Gasteiger partial charge on any atom is 0.319 e. The molecule has 4 aliphatic heterocycles. The van der Waals surface area contributed by atoms with Gasteiger partial charge in [0.2, 0.25) is 0 Å². The quantitative estimate of drug-likeness (QED) is 0.213. The van der Waals surface area contributed by atoms with Crippen LogP contribution in [0.5, 0.6) is 6.01 Å². The molecular weight excluding hydrogens is 596 g/mol. The second kappa shape index (κ2) is 11.1. The Bertz CT molecular complexity index is 1910. The van der Waals surface area contributed by atoms with Crippen LogP contribution in [-0.2, 0) is 0 Å². The van der Waals surface area contributed by atoms with Crippen molar-refractivity contribution in [3.63, 3.8) is 0 Å². The van der Waals surface area contributed by atoms with Gasteiger partial charge < -0.3 is 15.0 Å². The Hall–Kier alpha value is -4.01. The molecule has 7 nitrogen and oxygen atoms in total. The number of benzene rings is 2. The molecule has 0 bridgehead atoms. The SMILES string of the molecule is C#Cc1c(F)ccc2cccc(-c3nc4c5c(nc(OC[C@@]67CCCN6C[C@H](F)C7)nc5c3F)N3C[C@@H](CC)NC[C@H]3C[C@H]4F)c12. The second-order valence-electron chi connectivity index (χ2n) is 13.1. The smallest absolute Gasteiger partial charge is 0.319 e. The first kappa shape index (κ1) is 29.4. The lowest BCUT2D eigenvalue weighted by atomic mass is 9.95. The summed E-state index contributed by atoms with van der Waals surface area (Å²) in [6, 6.07) is 7.71. The predicted octanol–water partition coefficient (Wildman–Crippen LogP) is 6.03. The van der Waals surface area contributed by atoms with Crippen LogP contribution < -0.4 is 15.0 Å². The molecule has 11 heteroatoms. The van der Waals surface area contributed by atoms with Crippen LogP contribution in [0.15, 0.2) is 30.3 Å². The van der Waals surface area contributed by atoms with Crippen LogP contribution in [0.3, 0.4) is 0 Å². The van der Waals surface area contributed by atoms with Gasteiger partial charge in [-0.2, -0.15) is 9.97 Å². The summed E-state index contributed by atoms with van der Waals surface area (Å²) in [5.74, 6) is 1.35. The van der Waals surface area contributed by atoms with Crippen LogP contribution in [0, 0.1) is 24.0 Å². The van der Waals surface area contributed by atoms with Crippen LogP contribution >= 0.6 is 0 Å². The molecule has 0 amide bonds. The molecule has 2 aromatic carbocycles. The van der Waals surface area contributed by atoms with E-state index in [1.807, 2.05) is 4.90 Å². The van der Waals surface area contributed by atoms with Gasteiger partial charge in [0.15, 0.2) is 5.82 Å². The van der Waals surface area contributed by atoms with Crippen molar-refractivity contribution in [2.45, 2.75) is 69.0 Å². The summed E-state index contributed by atoms with van der Waals surface area (Å²) in [4.78, 5) is 18.2. The van der Waals surface area contributed by atoms with Crippen molar-refractivity contribution < 1.29 is 22.3 Å². The highest BCUT2D eigenvalue weighted by Gasteiger charge is 2.49. The molecule has 0 unspecified atom stereocenters. The molecule has 1 N–H and O–H groups in total. The number of anilines is 1. The molecule has 238 valence electrons. The number of terminal acetylenes is 1. The van der Waals surface area contributed by atoms with E-state index in [0.29, 0.717) is 42.6 Å². The first-order chi connectivity index (χ1) is 22.3. The summed E-state index contributed by atoms with van der Waals surface area (Å²) in [7, 11) is 0. The number of fused-ring (bicyclic) bond motifs is 4. The van der Waals surface area contributed by atoms with Gasteiger partial charge in [0, 0.05) is 55.5 Å². The standard InChI is InChI=1S/C35H34F4N6O/c1-3-21-17-45-22(15-40-21)13-26(38)31-28-32(42-34(43-33(28)45)46-18-35-11-6-12-44(35)16-20(36)14-35)29(39)30(41-31)24-8-5-7-19-9-10-25(37)23(4-2)27(19)24/h2,5,7-10,20-22,26,40H,3,6,11-18H2,1H3/t20-,21-,22-,26-,35+/m1/s1. The summed E-state index contributed by atoms with van der Waals surface area (Å²) in [6.07, 6.45) is 6.28. The van der Waals surface area contributed by atoms with E-state index in [4.69, 9.17) is 16.1 Å². The first-order valence-corrected chi connectivity index (χ1v) is 16.1. The maximum atomic E-state index is 17.0. The molecule has 0 aliphatic carbocycles. The molecule has 0 saturated carbocycles. The normalized spacial score (nSPS) is 27.4. The molecule has 0 spiro atoms. The monoisotopic (exact) mass is 630 g/mol. The van der Waals surface area contributed by atoms with Gasteiger partial charge in [0.1, 0.15) is 41.8 Å². The van der Waals surface area contributed by atoms with E-state index in [1.54, 1.807) is 24.3 Å². The van der Waals surface area contributed by atoms with Crippen molar-refractivity contribution in [3.8, 4) is 29.6 Å². The topological polar surface area (TPSA) is 66.4 Å². The predicted molar refractivity (Wildman–Crippen MR) is 168 cm³/mol. The van der Waals surface area contributed by atoms with Crippen LogP contribution in [0.1, 0.15) is 56.5 Å². The number of pyridine rings is 1. The number of rotatable bonds is 5. The lowest BCUT2D eigenvalue weighted by Gasteiger charge is -2.40. The molecule has 3 fully saturated rings. The van der Waals surface area contributed by atoms with E-state index in [9.17, 15) is 8.78 Å². The fourth-order valence-electron chi connectivity index (χ4n) is 8.14. The Morgan fingerprint density at radius 2 is 1.98 bits per heavy atom. The van der Waals surface area contributed by atoms with Gasteiger partial charge >= 0.3 is 6.01 Å². The van der Waals surface area contributed by atoms with E-state index < -0.39 is 29.5 Å². The highest BCUT2D eigenvalue weighted by atomic mass is 19.1. The Morgan fingerprint density at radius 3 is 2.80 bits per heavy atom. The van der Waals surface area contributed by atoms with Crippen LogP contribution in [0.2, 0.25) is 0 Å². The number of piperazine rings is 1. The molecule has 6 heterocycles. The van der Waals surface area contributed by atoms with E-state index in [0.717, 1.165) is 25.8 Å². The minimum Gasteiger partial charge on any atom is -0.461 e. The maximum absolute atomic E-state index is 17.0. The van der Waals surface area contributed by atoms with Crippen molar-refractivity contribution in [2.75, 3.05) is 37.7 Å². The van der Waals surface area contributed by atoms with Gasteiger partial charge in [0.05, 0.1) is 22.2 Å². The van der Waals surface area contributed by atoms with Crippen molar-refractivity contribution in [1.29, 1.82) is 0 Å². The summed E-state index contributed by atoms with van der Waals surface area (Å²) in [5, 5.41) is 4.61. The third kappa shape index (κ3) is 4.52. The molecule has 3 saturated heterocycles. The number of ether oxygens (including phenoxy) is 1. The zero-order valence-corrected chi connectivity index (χ0v) is 25.5. The summed E-state index contributed by atoms with van der Waals surface area (Å²) >= 11 is 0. The highest BCUT2D eigenvalue weighted by Crippen LogP contribution is 2.45. The van der Waals surface area contributed by atoms with E-state index >= 15 is 8.78 Å². The summed E-state index contributed by atoms with van der Waals surface area (Å²) < 4.78 is 69.0. The molecule has 2 aromatic heterocycles. The van der Waals surface area contributed by atoms with Crippen LogP contribution in [0.25, 0.3) is 32.9 Å². The van der Waals surface area contributed by atoms with E-state index in [2.05, 4.69) is 33.0 Å². The zero-order valence-electron chi connectivity index (χ0n) is 25.5. The van der Waals surface area contributed by atoms with Crippen molar-refractivity contribution >= 4 is 27.5 Å². The Kier molecular flexibility index (Phi) is 7.07. The lowest BCUT2D eigenvalue weighted by Crippen LogP contribution is -2.56. The zero-order chi connectivity index (χ0) is 31.7. The third-order valence-corrected chi connectivity index (χ3v) is 10.4. The van der Waals surface area contributed by atoms with Gasteiger partial charge in [-0.25, -0.2) is 22.5 Å². The molecule has 4 aliphatic rings. The average Bonchev–Trinajstić information content (AvgIpc) is 3.55. The third-order valence-electron chi connectivity index (χ3n) is 10.4. The first-order valence-electron chi connectivity index (χ1n) is 16.1. The van der Waals surface area contributed by atoms with Gasteiger partial charge in [0.25, 0.3) is 0 Å². The fraction of sp³-hybridized carbons (Fsp3) is 0.457. The molecule has 4 aromatic rings. The highest BCUT2D eigenvalue weighted by molar-refractivity contribution is 6.03. The van der Waals surface area contributed by atoms with Crippen LogP contribution in [-0.4, -0.2) is 76.4 Å². The van der Waals surface area contributed by atoms with E-state index in [-0.39, 0.29) is 64.5 Å². The number of hydrogen-bond donors (Lipinski definition) is 1. The number of alkyl halides is 2. The molecule has 46 heavy (non-hydrogen) atoms. The van der Waals surface area contributed by atoms with Crippen LogP contribution in [0.4, 0.5) is 23.4 Å². The van der Waals surface area contributed by atoms with Gasteiger partial charge in [-0.3, -0.25) is 4.90 Å². The number of halogens is 4. The minimum absolute atomic E-state index is 0.0265. The molecule has 0 radical (unpaired) electrons. The van der Waals surface area contributed by atoms with Gasteiger partial charge in [-0.15, -0.1) is 6.42 Å². The van der Waals surface area contributed by atoms with Gasteiger partial charge in [-0.1, -0.05) is 37.1 Å². The largest absolute Gasteiger partial charge is 0.461 e. The number of hydrogen-bond acceptors (Lipinski definition) is 7. The minimum atomic E-state index is -1.55. The Morgan fingerprint density at radius 1 is 1.11 bits per heavy atom. The lowest BCUT2D eigenvalue weighted by molar-refractivity contribution is 0.107. The Labute approximate surface area is 264 Å². The second-order valence-corrected chi connectivity index (χ2v) is 13.1. The van der Waals surface area contributed by atoms with Crippen molar-refractivity contribution in [2.24, 2.45) is 0 Å². The number of nitrogens with one attached hydrogen (secondary N) is 1. The molecular formula is C35H34F4N6O. The summed E-state index contributed by atoms with van der Waals surface area (Å²) in [6.45, 7) is 4.46. The number of aromatic nitrogens is 3. The summed E-state index contributed by atoms with van der Waals surface area (Å²) in [5.41, 5.74) is -0.516. The average molecular weight is 631 g/mol. The van der Waals surface area contributed by atoms with Crippen molar-refractivity contribution in [1.82, 2.24) is 25.2 Å². The molecule has 8 rings (SSSR count). The Balaban J connectivity index is 1.34. The van der Waals surface area contributed by atoms with E-state index in [1.165, 1.54) is 6.07 Å².